The first-order valence-corrected chi connectivity index (χ1v) is 8.33. The van der Waals surface area contributed by atoms with Crippen LogP contribution in [0.4, 0.5) is 18.9 Å². The zero-order chi connectivity index (χ0) is 21.6. The molecule has 0 aliphatic heterocycles. The van der Waals surface area contributed by atoms with Crippen LogP contribution in [0.5, 0.6) is 0 Å². The molecule has 29 heavy (non-hydrogen) atoms. The first-order chi connectivity index (χ1) is 13.6. The van der Waals surface area contributed by atoms with E-state index in [1.165, 1.54) is 49.4 Å². The average Bonchev–Trinajstić information content (AvgIpc) is 2.66. The predicted octanol–water partition coefficient (Wildman–Crippen LogP) is 3.39. The first kappa shape index (κ1) is 21.7. The minimum absolute atomic E-state index is 0.274. The van der Waals surface area contributed by atoms with Gasteiger partial charge in [-0.1, -0.05) is 12.1 Å². The van der Waals surface area contributed by atoms with Gasteiger partial charge in [0.25, 0.3) is 5.91 Å². The van der Waals surface area contributed by atoms with Gasteiger partial charge in [-0.25, -0.2) is 4.79 Å². The van der Waals surface area contributed by atoms with E-state index in [1.54, 1.807) is 0 Å². The maximum Gasteiger partial charge on any atom is 0.416 e. The van der Waals surface area contributed by atoms with Crippen LogP contribution in [0.1, 0.15) is 28.4 Å². The summed E-state index contributed by atoms with van der Waals surface area (Å²) in [4.78, 5) is 34.9. The van der Waals surface area contributed by atoms with Crippen LogP contribution in [0.15, 0.2) is 54.6 Å². The van der Waals surface area contributed by atoms with Gasteiger partial charge < -0.3 is 15.8 Å². The maximum absolute atomic E-state index is 12.5. The normalized spacial score (nSPS) is 12.4. The molecular formula is C20H17F3N2O4. The van der Waals surface area contributed by atoms with E-state index in [2.05, 4.69) is 5.32 Å². The zero-order valence-electron chi connectivity index (χ0n) is 15.2. The summed E-state index contributed by atoms with van der Waals surface area (Å²) in [6, 6.07) is 10.0. The van der Waals surface area contributed by atoms with Gasteiger partial charge in [-0.2, -0.15) is 13.2 Å². The Hall–Kier alpha value is -3.62. The molecule has 6 nitrogen and oxygen atoms in total. The smallest absolute Gasteiger partial charge is 0.416 e. The van der Waals surface area contributed by atoms with Crippen molar-refractivity contribution in [3.63, 3.8) is 0 Å². The second kappa shape index (κ2) is 9.05. The molecule has 0 unspecified atom stereocenters. The number of ether oxygens (including phenoxy) is 1. The highest BCUT2D eigenvalue weighted by atomic mass is 19.4. The number of nitrogens with one attached hydrogen (secondary N) is 1. The van der Waals surface area contributed by atoms with Gasteiger partial charge in [-0.15, -0.1) is 0 Å². The van der Waals surface area contributed by atoms with Crippen molar-refractivity contribution in [2.24, 2.45) is 5.73 Å². The van der Waals surface area contributed by atoms with Crippen LogP contribution in [-0.4, -0.2) is 23.9 Å². The molecule has 2 aromatic rings. The Labute approximate surface area is 164 Å². The van der Waals surface area contributed by atoms with Crippen LogP contribution in [0.2, 0.25) is 0 Å². The van der Waals surface area contributed by atoms with Crippen molar-refractivity contribution in [3.05, 3.63) is 71.3 Å². The molecule has 0 aliphatic rings. The molecule has 1 atom stereocenters. The number of carbonyl (C=O) groups is 3. The van der Waals surface area contributed by atoms with Crippen LogP contribution in [-0.2, 0) is 20.5 Å². The first-order valence-electron chi connectivity index (χ1n) is 8.33. The predicted molar refractivity (Wildman–Crippen MR) is 99.6 cm³/mol. The molecule has 2 rings (SSSR count). The Bertz CT molecular complexity index is 920. The lowest BCUT2D eigenvalue weighted by molar-refractivity contribution is -0.148. The molecule has 0 saturated carbocycles. The summed E-state index contributed by atoms with van der Waals surface area (Å²) in [7, 11) is 0. The summed E-state index contributed by atoms with van der Waals surface area (Å²) >= 11 is 0. The summed E-state index contributed by atoms with van der Waals surface area (Å²) in [5.74, 6) is -2.05. The van der Waals surface area contributed by atoms with Crippen molar-refractivity contribution in [3.8, 4) is 0 Å². The van der Waals surface area contributed by atoms with Crippen LogP contribution >= 0.6 is 0 Å². The molecule has 152 valence electrons. The van der Waals surface area contributed by atoms with Gasteiger partial charge in [-0.3, -0.25) is 9.59 Å². The lowest BCUT2D eigenvalue weighted by Crippen LogP contribution is -2.29. The molecule has 0 radical (unpaired) electrons. The second-order valence-electron chi connectivity index (χ2n) is 5.96. The monoisotopic (exact) mass is 406 g/mol. The molecule has 0 bridgehead atoms. The fourth-order valence-corrected chi connectivity index (χ4v) is 2.18. The van der Waals surface area contributed by atoms with E-state index in [9.17, 15) is 27.6 Å². The topological polar surface area (TPSA) is 98.5 Å². The summed E-state index contributed by atoms with van der Waals surface area (Å²) in [6.45, 7) is 1.36. The highest BCUT2D eigenvalue weighted by molar-refractivity contribution is 5.97. The number of nitrogens with two attached hydrogens (primary N) is 1. The Morgan fingerprint density at radius 1 is 1.03 bits per heavy atom. The Kier molecular flexibility index (Phi) is 6.76. The third kappa shape index (κ3) is 6.49. The number of benzene rings is 2. The molecule has 3 N–H and O–H groups in total. The van der Waals surface area contributed by atoms with E-state index in [4.69, 9.17) is 10.5 Å². The molecule has 0 aromatic heterocycles. The van der Waals surface area contributed by atoms with Gasteiger partial charge in [-0.05, 0) is 55.0 Å². The van der Waals surface area contributed by atoms with Gasteiger partial charge in [0.2, 0.25) is 5.91 Å². The van der Waals surface area contributed by atoms with Crippen molar-refractivity contribution < 1.29 is 32.3 Å². The van der Waals surface area contributed by atoms with Crippen LogP contribution in [0.3, 0.4) is 0 Å². The molecule has 2 aromatic carbocycles. The number of alkyl halides is 3. The fraction of sp³-hybridized carbons (Fsp3) is 0.150. The van der Waals surface area contributed by atoms with E-state index in [1.807, 2.05) is 0 Å². The van der Waals surface area contributed by atoms with Crippen molar-refractivity contribution in [2.45, 2.75) is 19.2 Å². The number of amides is 2. The number of hydrogen-bond donors (Lipinski definition) is 2. The quantitative estimate of drug-likeness (QED) is 0.568. The van der Waals surface area contributed by atoms with Crippen LogP contribution in [0.25, 0.3) is 6.08 Å². The minimum Gasteiger partial charge on any atom is -0.449 e. The zero-order valence-corrected chi connectivity index (χ0v) is 15.2. The Balaban J connectivity index is 1.89. The lowest BCUT2D eigenvalue weighted by atomic mass is 10.1. The number of halogens is 3. The summed E-state index contributed by atoms with van der Waals surface area (Å²) in [5.41, 5.74) is 5.34. The van der Waals surface area contributed by atoms with E-state index >= 15 is 0 Å². The molecule has 0 aliphatic carbocycles. The SMILES string of the molecule is C[C@@H](OC(=O)/C=C/c1ccc(C(F)(F)F)cc1)C(=O)Nc1ccc(C(N)=O)cc1. The van der Waals surface area contributed by atoms with Crippen molar-refractivity contribution in [1.82, 2.24) is 0 Å². The number of primary amides is 1. The molecule has 9 heteroatoms. The summed E-state index contributed by atoms with van der Waals surface area (Å²) in [5, 5.41) is 2.51. The minimum atomic E-state index is -4.44. The van der Waals surface area contributed by atoms with E-state index in [0.717, 1.165) is 18.2 Å². The van der Waals surface area contributed by atoms with Gasteiger partial charge >= 0.3 is 12.1 Å². The molecule has 0 saturated heterocycles. The molecule has 0 fully saturated rings. The Morgan fingerprint density at radius 3 is 2.14 bits per heavy atom. The van der Waals surface area contributed by atoms with Gasteiger partial charge in [0.05, 0.1) is 5.56 Å². The molecular weight excluding hydrogens is 389 g/mol. The van der Waals surface area contributed by atoms with Crippen LogP contribution < -0.4 is 11.1 Å². The molecule has 0 heterocycles. The Morgan fingerprint density at radius 2 is 1.62 bits per heavy atom. The van der Waals surface area contributed by atoms with Gasteiger partial charge in [0, 0.05) is 17.3 Å². The number of hydrogen-bond acceptors (Lipinski definition) is 4. The van der Waals surface area contributed by atoms with Crippen molar-refractivity contribution in [1.29, 1.82) is 0 Å². The van der Waals surface area contributed by atoms with Crippen molar-refractivity contribution in [2.75, 3.05) is 5.32 Å². The standard InChI is InChI=1S/C20H17F3N2O4/c1-12(19(28)25-16-9-5-14(6-10-16)18(24)27)29-17(26)11-4-13-2-7-15(8-3-13)20(21,22)23/h2-12H,1H3,(H2,24,27)(H,25,28)/b11-4+/t12-/m1/s1. The number of esters is 1. The number of rotatable bonds is 6. The fourth-order valence-electron chi connectivity index (χ4n) is 2.18. The van der Waals surface area contributed by atoms with Gasteiger partial charge in [0.1, 0.15) is 0 Å². The maximum atomic E-state index is 12.5. The van der Waals surface area contributed by atoms with Crippen molar-refractivity contribution >= 4 is 29.5 Å². The van der Waals surface area contributed by atoms with E-state index < -0.39 is 35.6 Å². The molecule has 0 spiro atoms. The number of anilines is 1. The van der Waals surface area contributed by atoms with E-state index in [0.29, 0.717) is 11.3 Å². The van der Waals surface area contributed by atoms with Gasteiger partial charge in [0.15, 0.2) is 6.10 Å². The average molecular weight is 406 g/mol. The van der Waals surface area contributed by atoms with Crippen LogP contribution in [0, 0.1) is 0 Å². The number of carbonyl (C=O) groups excluding carboxylic acids is 3. The highest BCUT2D eigenvalue weighted by Gasteiger charge is 2.29. The third-order valence-corrected chi connectivity index (χ3v) is 3.75. The summed E-state index contributed by atoms with van der Waals surface area (Å²) in [6.07, 6.45) is -3.29. The van der Waals surface area contributed by atoms with E-state index in [-0.39, 0.29) is 5.56 Å². The lowest BCUT2D eigenvalue weighted by Gasteiger charge is -2.12. The summed E-state index contributed by atoms with van der Waals surface area (Å²) < 4.78 is 42.5. The second-order valence-corrected chi connectivity index (χ2v) is 5.96. The third-order valence-electron chi connectivity index (χ3n) is 3.75. The highest BCUT2D eigenvalue weighted by Crippen LogP contribution is 2.29. The molecule has 2 amide bonds. The largest absolute Gasteiger partial charge is 0.449 e.